The molecule has 0 unspecified atom stereocenters. The van der Waals surface area contributed by atoms with Crippen molar-refractivity contribution >= 4 is 0 Å². The van der Waals surface area contributed by atoms with Gasteiger partial charge in [0, 0.05) is 25.6 Å². The first kappa shape index (κ1) is 13.0. The predicted octanol–water partition coefficient (Wildman–Crippen LogP) is 2.32. The molecule has 1 spiro atoms. The maximum absolute atomic E-state index is 5.60. The van der Waals surface area contributed by atoms with E-state index >= 15 is 0 Å². The average Bonchev–Trinajstić information content (AvgIpc) is 3.13. The van der Waals surface area contributed by atoms with E-state index in [1.807, 2.05) is 13.3 Å². The van der Waals surface area contributed by atoms with Crippen LogP contribution >= 0.6 is 0 Å². The molecular weight excluding hydrogens is 266 g/mol. The van der Waals surface area contributed by atoms with Crippen LogP contribution in [-0.4, -0.2) is 31.6 Å². The Bertz CT molecular complexity index is 626. The summed E-state index contributed by atoms with van der Waals surface area (Å²) in [6, 6.07) is 0. The molecule has 1 fully saturated rings. The molecule has 4 rings (SSSR count). The van der Waals surface area contributed by atoms with E-state index < -0.39 is 0 Å². The van der Waals surface area contributed by atoms with Crippen molar-refractivity contribution in [3.63, 3.8) is 0 Å². The third-order valence-electron chi connectivity index (χ3n) is 4.97. The normalized spacial score (nSPS) is 21.6. The van der Waals surface area contributed by atoms with Crippen LogP contribution in [0.25, 0.3) is 0 Å². The highest BCUT2D eigenvalue weighted by molar-refractivity contribution is 5.26. The van der Waals surface area contributed by atoms with Gasteiger partial charge in [0.2, 0.25) is 11.8 Å². The molecule has 1 aliphatic carbocycles. The molecule has 1 aliphatic heterocycles. The second kappa shape index (κ2) is 4.94. The second-order valence-corrected chi connectivity index (χ2v) is 6.21. The highest BCUT2D eigenvalue weighted by atomic mass is 16.4. The third kappa shape index (κ3) is 2.09. The third-order valence-corrected chi connectivity index (χ3v) is 4.97. The first-order valence-corrected chi connectivity index (χ1v) is 7.85. The first-order chi connectivity index (χ1) is 10.3. The van der Waals surface area contributed by atoms with Gasteiger partial charge in [0.15, 0.2) is 0 Å². The van der Waals surface area contributed by atoms with E-state index in [0.717, 1.165) is 25.4 Å². The fraction of sp³-hybridized carbons (Fsp3) is 0.667. The quantitative estimate of drug-likeness (QED) is 0.917. The summed E-state index contributed by atoms with van der Waals surface area (Å²) in [4.78, 5) is 10.5. The van der Waals surface area contributed by atoms with Gasteiger partial charge in [-0.25, -0.2) is 4.98 Å². The Hall–Kier alpha value is -1.69. The maximum Gasteiger partial charge on any atom is 0.230 e. The topological polar surface area (TPSA) is 70.8 Å². The van der Waals surface area contributed by atoms with Crippen molar-refractivity contribution in [1.82, 2.24) is 25.1 Å². The Balaban J connectivity index is 1.69. The Morgan fingerprint density at radius 2 is 2.14 bits per heavy atom. The van der Waals surface area contributed by atoms with Gasteiger partial charge in [-0.1, -0.05) is 19.3 Å². The zero-order valence-electron chi connectivity index (χ0n) is 12.4. The zero-order valence-corrected chi connectivity index (χ0v) is 12.4. The summed E-state index contributed by atoms with van der Waals surface area (Å²) < 4.78 is 5.60. The van der Waals surface area contributed by atoms with Gasteiger partial charge in [-0.15, -0.1) is 10.2 Å². The van der Waals surface area contributed by atoms with E-state index in [9.17, 15) is 0 Å². The van der Waals surface area contributed by atoms with Crippen LogP contribution in [0.5, 0.6) is 0 Å². The minimum atomic E-state index is 0.0637. The van der Waals surface area contributed by atoms with E-state index in [4.69, 9.17) is 4.42 Å². The van der Waals surface area contributed by atoms with Crippen LogP contribution in [0.2, 0.25) is 0 Å². The molecular formula is C15H21N5O. The summed E-state index contributed by atoms with van der Waals surface area (Å²) in [5, 5.41) is 8.13. The Morgan fingerprint density at radius 3 is 2.90 bits per heavy atom. The number of hydrogen-bond donors (Lipinski definition) is 1. The van der Waals surface area contributed by atoms with Gasteiger partial charge in [0.25, 0.3) is 0 Å². The number of fused-ring (bicyclic) bond motifs is 2. The Labute approximate surface area is 124 Å². The van der Waals surface area contributed by atoms with E-state index in [1.165, 1.54) is 43.5 Å². The monoisotopic (exact) mass is 287 g/mol. The lowest BCUT2D eigenvalue weighted by Crippen LogP contribution is -2.51. The van der Waals surface area contributed by atoms with Gasteiger partial charge in [-0.2, -0.15) is 0 Å². The van der Waals surface area contributed by atoms with Crippen LogP contribution in [0, 0.1) is 6.92 Å². The average molecular weight is 287 g/mol. The fourth-order valence-electron chi connectivity index (χ4n) is 4.01. The smallest absolute Gasteiger partial charge is 0.230 e. The summed E-state index contributed by atoms with van der Waals surface area (Å²) in [6.07, 6.45) is 9.09. The van der Waals surface area contributed by atoms with Gasteiger partial charge < -0.3 is 9.40 Å². The molecule has 1 saturated carbocycles. The molecule has 6 heteroatoms. The number of nitrogens with zero attached hydrogens (tertiary/aromatic N) is 4. The summed E-state index contributed by atoms with van der Waals surface area (Å²) >= 11 is 0. The van der Waals surface area contributed by atoms with E-state index in [1.54, 1.807) is 0 Å². The van der Waals surface area contributed by atoms with Crippen LogP contribution in [0.1, 0.15) is 55.3 Å². The van der Waals surface area contributed by atoms with Crippen molar-refractivity contribution in [2.24, 2.45) is 0 Å². The minimum absolute atomic E-state index is 0.0637. The number of hydrogen-bond acceptors (Lipinski definition) is 5. The molecule has 2 aromatic heterocycles. The van der Waals surface area contributed by atoms with E-state index in [-0.39, 0.29) is 5.54 Å². The van der Waals surface area contributed by atoms with Gasteiger partial charge in [-0.05, 0) is 12.8 Å². The summed E-state index contributed by atoms with van der Waals surface area (Å²) in [5.74, 6) is 1.36. The standard InChI is InChI=1S/C15H21N5O/c1-11-18-19-13(21-11)9-20-8-5-12-14(17-10-16-12)15(20)6-3-2-4-7-15/h10H,2-9H2,1H3,(H,16,17). The predicted molar refractivity (Wildman–Crippen MR) is 76.5 cm³/mol. The van der Waals surface area contributed by atoms with Crippen molar-refractivity contribution in [3.05, 3.63) is 29.5 Å². The largest absolute Gasteiger partial charge is 0.424 e. The highest BCUT2D eigenvalue weighted by Gasteiger charge is 2.45. The van der Waals surface area contributed by atoms with Gasteiger partial charge in [0.05, 0.1) is 24.1 Å². The van der Waals surface area contributed by atoms with E-state index in [2.05, 4.69) is 25.1 Å². The van der Waals surface area contributed by atoms with Crippen LogP contribution in [0.3, 0.4) is 0 Å². The van der Waals surface area contributed by atoms with E-state index in [0.29, 0.717) is 5.89 Å². The first-order valence-electron chi connectivity index (χ1n) is 7.85. The number of aryl methyl sites for hydroxylation is 1. The van der Waals surface area contributed by atoms with Crippen molar-refractivity contribution in [2.45, 2.75) is 57.5 Å². The minimum Gasteiger partial charge on any atom is -0.424 e. The number of imidazole rings is 1. The molecule has 2 aliphatic rings. The highest BCUT2D eigenvalue weighted by Crippen LogP contribution is 2.45. The maximum atomic E-state index is 5.60. The number of nitrogens with one attached hydrogen (secondary N) is 1. The molecule has 1 N–H and O–H groups in total. The zero-order chi connectivity index (χ0) is 14.3. The van der Waals surface area contributed by atoms with Crippen LogP contribution in [-0.2, 0) is 18.5 Å². The Morgan fingerprint density at radius 1 is 1.29 bits per heavy atom. The Kier molecular flexibility index (Phi) is 3.06. The fourth-order valence-corrected chi connectivity index (χ4v) is 4.01. The lowest BCUT2D eigenvalue weighted by molar-refractivity contribution is 0.0188. The van der Waals surface area contributed by atoms with Crippen LogP contribution in [0.4, 0.5) is 0 Å². The number of rotatable bonds is 2. The number of H-pyrrole nitrogens is 1. The van der Waals surface area contributed by atoms with Gasteiger partial charge >= 0.3 is 0 Å². The molecule has 21 heavy (non-hydrogen) atoms. The molecule has 3 heterocycles. The molecule has 0 saturated heterocycles. The molecule has 6 nitrogen and oxygen atoms in total. The SMILES string of the molecule is Cc1nnc(CN2CCc3[nH]cnc3C23CCCCC3)o1. The van der Waals surface area contributed by atoms with Gasteiger partial charge in [-0.3, -0.25) is 4.90 Å². The molecule has 0 aromatic carbocycles. The van der Waals surface area contributed by atoms with Crippen molar-refractivity contribution in [1.29, 1.82) is 0 Å². The molecule has 0 amide bonds. The molecule has 112 valence electrons. The number of aromatic amines is 1. The second-order valence-electron chi connectivity index (χ2n) is 6.21. The van der Waals surface area contributed by atoms with Crippen LogP contribution in [0.15, 0.2) is 10.7 Å². The van der Waals surface area contributed by atoms with Gasteiger partial charge in [0.1, 0.15) is 0 Å². The van der Waals surface area contributed by atoms with Crippen molar-refractivity contribution < 1.29 is 4.42 Å². The summed E-state index contributed by atoms with van der Waals surface area (Å²) in [7, 11) is 0. The molecule has 0 atom stereocenters. The lowest BCUT2D eigenvalue weighted by atomic mass is 9.75. The lowest BCUT2D eigenvalue weighted by Gasteiger charge is -2.48. The summed E-state index contributed by atoms with van der Waals surface area (Å²) in [5.41, 5.74) is 2.63. The molecule has 0 radical (unpaired) electrons. The summed E-state index contributed by atoms with van der Waals surface area (Å²) in [6.45, 7) is 3.60. The van der Waals surface area contributed by atoms with Crippen molar-refractivity contribution in [3.8, 4) is 0 Å². The van der Waals surface area contributed by atoms with Crippen molar-refractivity contribution in [2.75, 3.05) is 6.54 Å². The molecule has 0 bridgehead atoms. The number of aromatic nitrogens is 4. The van der Waals surface area contributed by atoms with Crippen LogP contribution < -0.4 is 0 Å². The molecule has 2 aromatic rings.